The number of methoxy groups -OCH3 is 1. The second kappa shape index (κ2) is 4.99. The third-order valence-electron chi connectivity index (χ3n) is 1.06. The summed E-state index contributed by atoms with van der Waals surface area (Å²) in [6.07, 6.45) is 0. The molecular weight excluding hydrogens is 204 g/mol. The molecule has 0 saturated carbocycles. The van der Waals surface area contributed by atoms with E-state index in [-0.39, 0.29) is 23.1 Å². The molecular formula is C7H7BrMgO+2. The molecule has 1 aromatic carbocycles. The van der Waals surface area contributed by atoms with E-state index in [1.54, 1.807) is 7.11 Å². The van der Waals surface area contributed by atoms with E-state index in [0.717, 1.165) is 10.2 Å². The van der Waals surface area contributed by atoms with E-state index in [1.165, 1.54) is 0 Å². The predicted octanol–water partition coefficient (Wildman–Crippen LogP) is 2.08. The van der Waals surface area contributed by atoms with Gasteiger partial charge < -0.3 is 4.74 Å². The molecule has 48 valence electrons. The first kappa shape index (κ1) is 10.3. The van der Waals surface area contributed by atoms with Gasteiger partial charge in [0, 0.05) is 0 Å². The molecule has 0 aromatic heterocycles. The van der Waals surface area contributed by atoms with Gasteiger partial charge in [-0.25, -0.2) is 0 Å². The molecule has 0 saturated heterocycles. The van der Waals surface area contributed by atoms with Crippen molar-refractivity contribution in [2.45, 2.75) is 0 Å². The van der Waals surface area contributed by atoms with Crippen LogP contribution in [0.2, 0.25) is 0 Å². The van der Waals surface area contributed by atoms with Crippen molar-refractivity contribution in [1.29, 1.82) is 0 Å². The second-order valence-electron chi connectivity index (χ2n) is 1.63. The Morgan fingerprint density at radius 2 is 1.90 bits per heavy atom. The van der Waals surface area contributed by atoms with Crippen LogP contribution in [0.15, 0.2) is 28.7 Å². The summed E-state index contributed by atoms with van der Waals surface area (Å²) in [5.74, 6) is 0.873. The van der Waals surface area contributed by atoms with Gasteiger partial charge in [0.15, 0.2) is 0 Å². The van der Waals surface area contributed by atoms with Crippen molar-refractivity contribution in [3.63, 3.8) is 0 Å². The van der Waals surface area contributed by atoms with Crippen molar-refractivity contribution in [1.82, 2.24) is 0 Å². The molecule has 0 aliphatic rings. The molecule has 1 aromatic rings. The minimum absolute atomic E-state index is 0. The van der Waals surface area contributed by atoms with Crippen molar-refractivity contribution < 1.29 is 4.74 Å². The quantitative estimate of drug-likeness (QED) is 0.646. The molecule has 0 unspecified atom stereocenters. The van der Waals surface area contributed by atoms with Gasteiger partial charge >= 0.3 is 23.1 Å². The van der Waals surface area contributed by atoms with Gasteiger partial charge in [0.25, 0.3) is 0 Å². The van der Waals surface area contributed by atoms with E-state index in [0.29, 0.717) is 0 Å². The number of benzene rings is 1. The fourth-order valence-corrected chi connectivity index (χ4v) is 1.06. The third kappa shape index (κ3) is 2.48. The number of rotatable bonds is 1. The van der Waals surface area contributed by atoms with Crippen molar-refractivity contribution in [3.05, 3.63) is 28.7 Å². The molecule has 0 aliphatic carbocycles. The average Bonchev–Trinajstić information content (AvgIpc) is 1.89. The van der Waals surface area contributed by atoms with E-state index in [2.05, 4.69) is 15.9 Å². The summed E-state index contributed by atoms with van der Waals surface area (Å²) < 4.78 is 5.99. The molecule has 0 heterocycles. The topological polar surface area (TPSA) is 9.23 Å². The summed E-state index contributed by atoms with van der Waals surface area (Å²) in [4.78, 5) is 0. The summed E-state index contributed by atoms with van der Waals surface area (Å²) in [5, 5.41) is 0. The van der Waals surface area contributed by atoms with Crippen molar-refractivity contribution in [3.8, 4) is 5.75 Å². The van der Waals surface area contributed by atoms with Crippen LogP contribution in [0.4, 0.5) is 0 Å². The Bertz CT molecular complexity index is 203. The van der Waals surface area contributed by atoms with Crippen molar-refractivity contribution in [2.75, 3.05) is 7.11 Å². The van der Waals surface area contributed by atoms with Gasteiger partial charge in [0.05, 0.1) is 11.6 Å². The molecule has 0 aliphatic heterocycles. The largest absolute Gasteiger partial charge is 2.00 e. The Labute approximate surface area is 85.0 Å². The van der Waals surface area contributed by atoms with Crippen LogP contribution in [-0.4, -0.2) is 30.2 Å². The van der Waals surface area contributed by atoms with Crippen LogP contribution in [0, 0.1) is 0 Å². The monoisotopic (exact) mass is 210 g/mol. The molecule has 1 nitrogen and oxygen atoms in total. The summed E-state index contributed by atoms with van der Waals surface area (Å²) in [6.45, 7) is 0. The van der Waals surface area contributed by atoms with Gasteiger partial charge in [-0.15, -0.1) is 0 Å². The molecule has 0 radical (unpaired) electrons. The minimum Gasteiger partial charge on any atom is -0.496 e. The van der Waals surface area contributed by atoms with E-state index in [9.17, 15) is 0 Å². The first-order valence-electron chi connectivity index (χ1n) is 2.63. The number of ether oxygens (including phenoxy) is 1. The van der Waals surface area contributed by atoms with E-state index >= 15 is 0 Å². The Kier molecular flexibility index (Phi) is 5.12. The molecule has 10 heavy (non-hydrogen) atoms. The normalized spacial score (nSPS) is 8.20. The maximum Gasteiger partial charge on any atom is 2.00 e. The molecule has 0 bridgehead atoms. The zero-order chi connectivity index (χ0) is 6.69. The van der Waals surface area contributed by atoms with Gasteiger partial charge in [-0.05, 0) is 28.1 Å². The average molecular weight is 211 g/mol. The zero-order valence-corrected chi connectivity index (χ0v) is 8.80. The molecule has 0 amide bonds. The molecule has 0 atom stereocenters. The maximum atomic E-state index is 5.00. The predicted molar refractivity (Wildman–Crippen MR) is 46.4 cm³/mol. The van der Waals surface area contributed by atoms with Crippen LogP contribution in [-0.2, 0) is 0 Å². The van der Waals surface area contributed by atoms with Crippen LogP contribution < -0.4 is 4.74 Å². The second-order valence-corrected chi connectivity index (χ2v) is 2.49. The maximum absolute atomic E-state index is 5.00. The van der Waals surface area contributed by atoms with Crippen molar-refractivity contribution in [2.24, 2.45) is 0 Å². The van der Waals surface area contributed by atoms with Gasteiger partial charge in [0.2, 0.25) is 0 Å². The fraction of sp³-hybridized carbons (Fsp3) is 0.143. The Hall–Kier alpha value is 0.266. The molecule has 1 rings (SSSR count). The van der Waals surface area contributed by atoms with Gasteiger partial charge in [0.1, 0.15) is 5.75 Å². The van der Waals surface area contributed by atoms with E-state index in [4.69, 9.17) is 4.74 Å². The number of hydrogen-bond acceptors (Lipinski definition) is 1. The molecule has 0 spiro atoms. The van der Waals surface area contributed by atoms with E-state index in [1.807, 2.05) is 24.3 Å². The number of para-hydroxylation sites is 1. The van der Waals surface area contributed by atoms with Crippen LogP contribution in [0.25, 0.3) is 0 Å². The molecule has 3 heteroatoms. The first-order chi connectivity index (χ1) is 4.34. The SMILES string of the molecule is COc1ccccc1Br.[Mg+2]. The van der Waals surface area contributed by atoms with Crippen LogP contribution in [0.3, 0.4) is 0 Å². The minimum atomic E-state index is 0. The van der Waals surface area contributed by atoms with Crippen molar-refractivity contribution >= 4 is 39.0 Å². The number of hydrogen-bond donors (Lipinski definition) is 0. The van der Waals surface area contributed by atoms with Gasteiger partial charge in [-0.2, -0.15) is 0 Å². The van der Waals surface area contributed by atoms with Gasteiger partial charge in [-0.1, -0.05) is 12.1 Å². The summed E-state index contributed by atoms with van der Waals surface area (Å²) in [6, 6.07) is 7.74. The van der Waals surface area contributed by atoms with Crippen LogP contribution in [0.1, 0.15) is 0 Å². The first-order valence-corrected chi connectivity index (χ1v) is 3.42. The molecule has 0 fully saturated rings. The Balaban J connectivity index is 0.000000810. The zero-order valence-electron chi connectivity index (χ0n) is 5.80. The number of halogens is 1. The van der Waals surface area contributed by atoms with E-state index < -0.39 is 0 Å². The Morgan fingerprint density at radius 3 is 2.30 bits per heavy atom. The summed E-state index contributed by atoms with van der Waals surface area (Å²) >= 11 is 3.33. The Morgan fingerprint density at radius 1 is 1.30 bits per heavy atom. The van der Waals surface area contributed by atoms with Crippen LogP contribution >= 0.6 is 15.9 Å². The van der Waals surface area contributed by atoms with Gasteiger partial charge in [-0.3, -0.25) is 0 Å². The summed E-state index contributed by atoms with van der Waals surface area (Å²) in [5.41, 5.74) is 0. The van der Waals surface area contributed by atoms with Crippen LogP contribution in [0.5, 0.6) is 5.75 Å². The third-order valence-corrected chi connectivity index (χ3v) is 1.71. The standard InChI is InChI=1S/C7H7BrO.Mg/c1-9-7-5-3-2-4-6(7)8;/h2-5H,1H3;/q;+2. The smallest absolute Gasteiger partial charge is 0.496 e. The molecule has 0 N–H and O–H groups in total. The fourth-order valence-electron chi connectivity index (χ4n) is 0.610. The summed E-state index contributed by atoms with van der Waals surface area (Å²) in [7, 11) is 1.65.